The van der Waals surface area contributed by atoms with Crippen molar-refractivity contribution in [3.05, 3.63) is 99.0 Å². The van der Waals surface area contributed by atoms with Crippen LogP contribution in [0.3, 0.4) is 0 Å². The first-order valence-electron chi connectivity index (χ1n) is 13.9. The highest BCUT2D eigenvalue weighted by molar-refractivity contribution is 6.01. The van der Waals surface area contributed by atoms with E-state index < -0.39 is 5.92 Å². The molecule has 43 heavy (non-hydrogen) atoms. The van der Waals surface area contributed by atoms with Gasteiger partial charge in [0, 0.05) is 29.3 Å². The van der Waals surface area contributed by atoms with Crippen LogP contribution < -0.4 is 34.6 Å². The second-order valence-corrected chi connectivity index (χ2v) is 10.4. The minimum Gasteiger partial charge on any atom is -0.496 e. The number of methoxy groups -OCH3 is 5. The summed E-state index contributed by atoms with van der Waals surface area (Å²) in [4.78, 5) is 28.3. The highest BCUT2D eigenvalue weighted by Gasteiger charge is 2.42. The number of ether oxygens (including phenoxy) is 5. The van der Waals surface area contributed by atoms with Gasteiger partial charge in [0.05, 0.1) is 52.7 Å². The molecule has 1 aliphatic heterocycles. The molecule has 2 heterocycles. The van der Waals surface area contributed by atoms with Crippen LogP contribution in [0.15, 0.2) is 76.7 Å². The molecular weight excluding hydrogens is 550 g/mol. The van der Waals surface area contributed by atoms with Crippen molar-refractivity contribution in [3.8, 4) is 34.4 Å². The van der Waals surface area contributed by atoms with Gasteiger partial charge in [-0.2, -0.15) is 0 Å². The van der Waals surface area contributed by atoms with E-state index in [2.05, 4.69) is 10.4 Å². The molecule has 4 aromatic rings. The maximum absolute atomic E-state index is 14.2. The van der Waals surface area contributed by atoms with E-state index in [1.165, 1.54) is 4.68 Å². The summed E-state index contributed by atoms with van der Waals surface area (Å²) >= 11 is 0. The molecule has 1 aromatic heterocycles. The Balaban J connectivity index is 1.54. The van der Waals surface area contributed by atoms with Crippen molar-refractivity contribution in [2.45, 2.75) is 24.7 Å². The number of H-pyrrole nitrogens is 1. The minimum absolute atomic E-state index is 0.0621. The number of Topliss-reactive ketones (excluding diaryl/α,β-unsaturated/α-hetero) is 1. The second kappa shape index (κ2) is 11.3. The van der Waals surface area contributed by atoms with E-state index >= 15 is 0 Å². The zero-order chi connectivity index (χ0) is 30.2. The van der Waals surface area contributed by atoms with E-state index in [0.29, 0.717) is 63.4 Å². The summed E-state index contributed by atoms with van der Waals surface area (Å²) in [5.74, 6) is 2.27. The van der Waals surface area contributed by atoms with E-state index in [-0.39, 0.29) is 23.7 Å². The Morgan fingerprint density at radius 2 is 1.37 bits per heavy atom. The number of allylic oxidation sites excluding steroid dienone is 2. The van der Waals surface area contributed by atoms with Gasteiger partial charge in [0.2, 0.25) is 0 Å². The number of nitrogens with zero attached hydrogens (tertiary/aromatic N) is 1. The van der Waals surface area contributed by atoms with E-state index in [9.17, 15) is 9.59 Å². The van der Waals surface area contributed by atoms with Gasteiger partial charge in [0.1, 0.15) is 11.6 Å². The molecule has 222 valence electrons. The van der Waals surface area contributed by atoms with E-state index in [1.54, 1.807) is 47.7 Å². The fourth-order valence-corrected chi connectivity index (χ4v) is 6.18. The Bertz CT molecular complexity index is 1790. The first-order valence-corrected chi connectivity index (χ1v) is 13.9. The number of fused-ring (bicyclic) bond motifs is 1. The maximum Gasteiger partial charge on any atom is 0.277 e. The smallest absolute Gasteiger partial charge is 0.277 e. The zero-order valence-electron chi connectivity index (χ0n) is 24.6. The molecule has 0 saturated heterocycles. The number of benzene rings is 3. The lowest BCUT2D eigenvalue weighted by Gasteiger charge is -2.35. The lowest BCUT2D eigenvalue weighted by Crippen LogP contribution is -2.32. The number of hydrogen-bond acceptors (Lipinski definition) is 8. The van der Waals surface area contributed by atoms with E-state index in [0.717, 1.165) is 11.3 Å². The van der Waals surface area contributed by atoms with Crippen molar-refractivity contribution < 1.29 is 28.5 Å². The Labute approximate surface area is 248 Å². The number of aromatic nitrogens is 2. The molecule has 0 saturated carbocycles. The number of aromatic amines is 1. The number of carbonyl (C=O) groups excluding carboxylic acids is 1. The molecule has 2 aliphatic rings. The summed E-state index contributed by atoms with van der Waals surface area (Å²) in [6, 6.07) is 18.6. The van der Waals surface area contributed by atoms with Crippen LogP contribution in [0.1, 0.15) is 41.4 Å². The fraction of sp³-hybridized carbons (Fsp3) is 0.273. The highest BCUT2D eigenvalue weighted by Crippen LogP contribution is 2.50. The van der Waals surface area contributed by atoms with Gasteiger partial charge < -0.3 is 29.0 Å². The van der Waals surface area contributed by atoms with Crippen molar-refractivity contribution >= 4 is 11.6 Å². The molecule has 2 N–H and O–H groups in total. The van der Waals surface area contributed by atoms with E-state index in [1.807, 2.05) is 48.5 Å². The SMILES string of the molecule is COc1ccc([C@@H]2CC(=O)C3=C(C2)Nc2[nH]n(-c4ccccc4)c(=O)c2[C@H]3c2cc(OC)c(OC)cc2OC)cc1OC. The molecule has 0 spiro atoms. The first-order chi connectivity index (χ1) is 20.9. The van der Waals surface area contributed by atoms with Gasteiger partial charge in [-0.3, -0.25) is 14.7 Å². The summed E-state index contributed by atoms with van der Waals surface area (Å²) in [7, 11) is 7.83. The monoisotopic (exact) mass is 583 g/mol. The molecule has 0 amide bonds. The molecule has 10 heteroatoms. The topological polar surface area (TPSA) is 113 Å². The first kappa shape index (κ1) is 28.0. The molecule has 0 radical (unpaired) electrons. The maximum atomic E-state index is 14.2. The normalized spacial score (nSPS) is 17.5. The Morgan fingerprint density at radius 1 is 0.721 bits per heavy atom. The van der Waals surface area contributed by atoms with Crippen LogP contribution in [-0.2, 0) is 4.79 Å². The third-order valence-corrected chi connectivity index (χ3v) is 8.23. The van der Waals surface area contributed by atoms with Crippen LogP contribution in [0, 0.1) is 0 Å². The van der Waals surface area contributed by atoms with Crippen LogP contribution in [0.4, 0.5) is 5.82 Å². The largest absolute Gasteiger partial charge is 0.496 e. The van der Waals surface area contributed by atoms with Crippen molar-refractivity contribution in [1.82, 2.24) is 9.78 Å². The highest BCUT2D eigenvalue weighted by atomic mass is 16.5. The van der Waals surface area contributed by atoms with Crippen LogP contribution in [0.5, 0.6) is 28.7 Å². The standard InChI is InChI=1S/C33H33N3O7/c1-39-24-12-11-18(15-26(24)41-3)19-13-22-30(23(37)14-19)29(21-16-27(42-4)28(43-5)17-25(21)40-2)31-32(34-22)35-36(33(31)38)20-9-7-6-8-10-20/h6-12,15-17,19,29,34-35H,13-14H2,1-5H3/t19-,29-/m0/s1. The summed E-state index contributed by atoms with van der Waals surface area (Å²) in [5.41, 5.74) is 3.69. The number of ketones is 1. The molecule has 0 fully saturated rings. The van der Waals surface area contributed by atoms with Crippen LogP contribution in [0.2, 0.25) is 0 Å². The van der Waals surface area contributed by atoms with Gasteiger partial charge in [-0.15, -0.1) is 0 Å². The number of carbonyl (C=O) groups is 1. The number of hydrogen-bond donors (Lipinski definition) is 2. The quantitative estimate of drug-likeness (QED) is 0.292. The number of anilines is 1. The van der Waals surface area contributed by atoms with Gasteiger partial charge in [0.25, 0.3) is 5.56 Å². The Kier molecular flexibility index (Phi) is 7.35. The predicted molar refractivity (Wildman–Crippen MR) is 162 cm³/mol. The van der Waals surface area contributed by atoms with Crippen molar-refractivity contribution in [2.75, 3.05) is 40.9 Å². The van der Waals surface area contributed by atoms with Crippen LogP contribution >= 0.6 is 0 Å². The Morgan fingerprint density at radius 3 is 2.05 bits per heavy atom. The van der Waals surface area contributed by atoms with Gasteiger partial charge in [-0.25, -0.2) is 4.68 Å². The second-order valence-electron chi connectivity index (χ2n) is 10.4. The number of para-hydroxylation sites is 1. The molecule has 2 atom stereocenters. The van der Waals surface area contributed by atoms with E-state index in [4.69, 9.17) is 23.7 Å². The summed E-state index contributed by atoms with van der Waals surface area (Å²) in [5, 5.41) is 6.69. The molecule has 10 nitrogen and oxygen atoms in total. The van der Waals surface area contributed by atoms with Gasteiger partial charge >= 0.3 is 0 Å². The van der Waals surface area contributed by atoms with Crippen molar-refractivity contribution in [3.63, 3.8) is 0 Å². The molecule has 1 aliphatic carbocycles. The third-order valence-electron chi connectivity index (χ3n) is 8.23. The third kappa shape index (κ3) is 4.68. The number of nitrogens with one attached hydrogen (secondary N) is 2. The summed E-state index contributed by atoms with van der Waals surface area (Å²) < 4.78 is 29.4. The zero-order valence-corrected chi connectivity index (χ0v) is 24.6. The summed E-state index contributed by atoms with van der Waals surface area (Å²) in [6.45, 7) is 0. The van der Waals surface area contributed by atoms with Crippen molar-refractivity contribution in [1.29, 1.82) is 0 Å². The summed E-state index contributed by atoms with van der Waals surface area (Å²) in [6.07, 6.45) is 0.801. The minimum atomic E-state index is -0.714. The average Bonchev–Trinajstić information content (AvgIpc) is 3.38. The van der Waals surface area contributed by atoms with Crippen LogP contribution in [-0.4, -0.2) is 51.1 Å². The van der Waals surface area contributed by atoms with Gasteiger partial charge in [0.15, 0.2) is 28.8 Å². The molecule has 0 bridgehead atoms. The van der Waals surface area contributed by atoms with Crippen LogP contribution in [0.25, 0.3) is 5.69 Å². The molecule has 0 unspecified atom stereocenters. The fourth-order valence-electron chi connectivity index (χ4n) is 6.18. The molecule has 3 aromatic carbocycles. The lowest BCUT2D eigenvalue weighted by molar-refractivity contribution is -0.116. The van der Waals surface area contributed by atoms with Gasteiger partial charge in [-0.05, 0) is 48.2 Å². The van der Waals surface area contributed by atoms with Crippen molar-refractivity contribution in [2.24, 2.45) is 0 Å². The average molecular weight is 584 g/mol. The van der Waals surface area contributed by atoms with Gasteiger partial charge in [-0.1, -0.05) is 24.3 Å². The lowest BCUT2D eigenvalue weighted by atomic mass is 9.72. The molecule has 6 rings (SSSR count). The molecular formula is C33H33N3O7. The Hall–Kier alpha value is -5.12. The number of rotatable bonds is 8. The predicted octanol–water partition coefficient (Wildman–Crippen LogP) is 5.17.